The number of hydrogen-bond donors (Lipinski definition) is 0. The molecule has 0 nitrogen and oxygen atoms in total. The van der Waals surface area contributed by atoms with Gasteiger partial charge in [0.15, 0.2) is 0 Å². The number of hydrogen-bond acceptors (Lipinski definition) is 0. The molecular weight excluding hydrogens is 179 g/mol. The molecule has 28 valence electrons. The van der Waals surface area contributed by atoms with E-state index in [-0.39, 0.29) is 57.8 Å². The summed E-state index contributed by atoms with van der Waals surface area (Å²) >= 11 is 0. The van der Waals surface area contributed by atoms with Gasteiger partial charge in [0.1, 0.15) is 0 Å². The molecule has 4 heavy (non-hydrogen) atoms. The Kier molecular flexibility index (Phi) is 214. The van der Waals surface area contributed by atoms with E-state index in [0.29, 0.717) is 0 Å². The molecule has 0 amide bonds. The molecule has 0 aliphatic carbocycles. The van der Waals surface area contributed by atoms with Gasteiger partial charge >= 0.3 is 0 Å². The van der Waals surface area contributed by atoms with Crippen molar-refractivity contribution in [3.8, 4) is 0 Å². The Hall–Kier alpha value is 1.83. The molecule has 0 spiro atoms. The van der Waals surface area contributed by atoms with Gasteiger partial charge in [0, 0.05) is 57.8 Å². The van der Waals surface area contributed by atoms with Crippen molar-refractivity contribution >= 4 is 23.4 Å². The SMILES string of the molecule is [Cr].[Cu].[P].[S]. The second kappa shape index (κ2) is 21.1. The minimum atomic E-state index is 0. The average molecular weight is 179 g/mol. The largest absolute Gasteiger partial charge is 0 e. The summed E-state index contributed by atoms with van der Waals surface area (Å²) in [6.45, 7) is 0. The maximum absolute atomic E-state index is 0. The van der Waals surface area contributed by atoms with E-state index in [1.165, 1.54) is 0 Å². The zero-order valence-corrected chi connectivity index (χ0v) is 5.49. The fourth-order valence-electron chi connectivity index (χ4n) is 0. The summed E-state index contributed by atoms with van der Waals surface area (Å²) in [7, 11) is 0. The van der Waals surface area contributed by atoms with E-state index in [1.54, 1.807) is 0 Å². The Labute approximate surface area is 57.8 Å². The van der Waals surface area contributed by atoms with Gasteiger partial charge in [-0.15, -0.1) is 0 Å². The molecule has 0 fully saturated rings. The van der Waals surface area contributed by atoms with Gasteiger partial charge in [-0.2, -0.15) is 0 Å². The first-order chi connectivity index (χ1) is 0. The van der Waals surface area contributed by atoms with Gasteiger partial charge in [0.25, 0.3) is 0 Å². The second-order valence-corrected chi connectivity index (χ2v) is 0. The molecule has 0 aromatic carbocycles. The van der Waals surface area contributed by atoms with E-state index in [9.17, 15) is 0 Å². The summed E-state index contributed by atoms with van der Waals surface area (Å²) in [6.07, 6.45) is 0. The molecule has 0 N–H and O–H groups in total. The molecule has 6 radical (unpaired) electrons. The third-order valence-corrected chi connectivity index (χ3v) is 0. The third kappa shape index (κ3) is 9.16. The molecule has 0 heterocycles. The van der Waals surface area contributed by atoms with Gasteiger partial charge in [-0.3, -0.25) is 0 Å². The van der Waals surface area contributed by atoms with Gasteiger partial charge in [-0.25, -0.2) is 0 Å². The van der Waals surface area contributed by atoms with Crippen LogP contribution in [0.25, 0.3) is 0 Å². The molecule has 0 rings (SSSR count). The van der Waals surface area contributed by atoms with Crippen molar-refractivity contribution in [3.05, 3.63) is 0 Å². The van der Waals surface area contributed by atoms with Crippen LogP contribution in [0.5, 0.6) is 0 Å². The van der Waals surface area contributed by atoms with Crippen LogP contribution in [0.1, 0.15) is 0 Å². The van der Waals surface area contributed by atoms with Crippen LogP contribution in [0.3, 0.4) is 0 Å². The topological polar surface area (TPSA) is 0 Å². The summed E-state index contributed by atoms with van der Waals surface area (Å²) in [5.74, 6) is 0. The third-order valence-electron chi connectivity index (χ3n) is 0. The first-order valence-corrected chi connectivity index (χ1v) is 0. The van der Waals surface area contributed by atoms with Gasteiger partial charge in [-0.1, -0.05) is 0 Å². The van der Waals surface area contributed by atoms with Crippen molar-refractivity contribution in [1.82, 2.24) is 0 Å². The van der Waals surface area contributed by atoms with E-state index in [4.69, 9.17) is 0 Å². The molecule has 0 aliphatic rings. The zero-order valence-electron chi connectivity index (χ0n) is 1.57. The Morgan fingerprint density at radius 2 is 1.00 bits per heavy atom. The summed E-state index contributed by atoms with van der Waals surface area (Å²) in [5, 5.41) is 0. The molecule has 0 aromatic heterocycles. The summed E-state index contributed by atoms with van der Waals surface area (Å²) in [6, 6.07) is 0. The van der Waals surface area contributed by atoms with Crippen molar-refractivity contribution in [2.45, 2.75) is 0 Å². The first-order valence-electron chi connectivity index (χ1n) is 0. The van der Waals surface area contributed by atoms with Crippen molar-refractivity contribution in [2.75, 3.05) is 0 Å². The minimum Gasteiger partial charge on any atom is 0 e. The summed E-state index contributed by atoms with van der Waals surface area (Å²) < 4.78 is 0. The zero-order chi connectivity index (χ0) is 0. The normalized spacial score (nSPS) is 0. The van der Waals surface area contributed by atoms with Crippen molar-refractivity contribution < 1.29 is 34.4 Å². The molecule has 0 bridgehead atoms. The van der Waals surface area contributed by atoms with Crippen LogP contribution in [-0.2, 0) is 34.4 Å². The maximum atomic E-state index is 0. The van der Waals surface area contributed by atoms with E-state index >= 15 is 0 Å². The molecule has 0 saturated heterocycles. The first kappa shape index (κ1) is 40.6. The van der Waals surface area contributed by atoms with Crippen LogP contribution in [0.15, 0.2) is 0 Å². The van der Waals surface area contributed by atoms with E-state index < -0.39 is 0 Å². The predicted octanol–water partition coefficient (Wildman–Crippen LogP) is 1.50. The van der Waals surface area contributed by atoms with Gasteiger partial charge in [-0.05, 0) is 0 Å². The number of rotatable bonds is 0. The van der Waals surface area contributed by atoms with Gasteiger partial charge < -0.3 is 0 Å². The second-order valence-electron chi connectivity index (χ2n) is 0. The Balaban J connectivity index is 0. The minimum absolute atomic E-state index is 0. The van der Waals surface area contributed by atoms with E-state index in [2.05, 4.69) is 0 Å². The van der Waals surface area contributed by atoms with Crippen molar-refractivity contribution in [2.24, 2.45) is 0 Å². The molecule has 0 saturated carbocycles. The van der Waals surface area contributed by atoms with Crippen LogP contribution < -0.4 is 0 Å². The van der Waals surface area contributed by atoms with Crippen LogP contribution >= 0.6 is 23.4 Å². The maximum Gasteiger partial charge on any atom is 0 e. The summed E-state index contributed by atoms with van der Waals surface area (Å²) in [5.41, 5.74) is 0. The Bertz CT molecular complexity index is 8.00. The van der Waals surface area contributed by atoms with Gasteiger partial charge in [0.05, 0.1) is 0 Å². The fourth-order valence-corrected chi connectivity index (χ4v) is 0. The van der Waals surface area contributed by atoms with Crippen LogP contribution in [-0.4, -0.2) is 0 Å². The standard InChI is InChI=1S/Cr.Cu.P.S. The fraction of sp³-hybridized carbons (Fsp3) is 0. The summed E-state index contributed by atoms with van der Waals surface area (Å²) in [4.78, 5) is 0. The quantitative estimate of drug-likeness (QED) is 0.390. The molecular formula is CrCuPS. The monoisotopic (exact) mass is 178 g/mol. The predicted molar refractivity (Wildman–Crippen MR) is 14.5 cm³/mol. The smallest absolute Gasteiger partial charge is 0 e. The Morgan fingerprint density at radius 1 is 1.00 bits per heavy atom. The molecule has 0 aliphatic heterocycles. The Morgan fingerprint density at radius 3 is 1.00 bits per heavy atom. The molecule has 0 unspecified atom stereocenters. The van der Waals surface area contributed by atoms with E-state index in [0.717, 1.165) is 0 Å². The molecule has 0 atom stereocenters. The van der Waals surface area contributed by atoms with Gasteiger partial charge in [0.2, 0.25) is 0 Å². The molecule has 0 aromatic rings. The van der Waals surface area contributed by atoms with Crippen molar-refractivity contribution in [3.63, 3.8) is 0 Å². The van der Waals surface area contributed by atoms with Crippen LogP contribution in [0.2, 0.25) is 0 Å². The van der Waals surface area contributed by atoms with Crippen molar-refractivity contribution in [1.29, 1.82) is 0 Å². The molecule has 4 heteroatoms. The van der Waals surface area contributed by atoms with Crippen LogP contribution in [0, 0.1) is 0 Å². The average Bonchev–Trinajstić information content (AvgIpc) is 0. The van der Waals surface area contributed by atoms with Crippen LogP contribution in [0.4, 0.5) is 0 Å². The van der Waals surface area contributed by atoms with E-state index in [1.807, 2.05) is 0 Å².